The molecule has 5 N–H and O–H groups in total. The number of unbranched alkanes of at least 4 members (excludes halogenated alkanes) is 18. The fourth-order valence-electron chi connectivity index (χ4n) is 5.33. The van der Waals surface area contributed by atoms with Crippen molar-refractivity contribution in [3.05, 3.63) is 48.6 Å². The summed E-state index contributed by atoms with van der Waals surface area (Å²) in [6, 6.07) is -0.886. The van der Waals surface area contributed by atoms with Crippen LogP contribution in [0.3, 0.4) is 0 Å². The van der Waals surface area contributed by atoms with E-state index in [2.05, 4.69) is 55.6 Å². The molecule has 0 aliphatic rings. The molecular weight excluding hydrogens is 635 g/mol. The van der Waals surface area contributed by atoms with Crippen LogP contribution in [0.1, 0.15) is 168 Å². The van der Waals surface area contributed by atoms with Crippen LogP contribution in [0.25, 0.3) is 0 Å². The second kappa shape index (κ2) is 36.3. The normalized spacial score (nSPS) is 14.8. The Morgan fingerprint density at radius 2 is 1.08 bits per heavy atom. The number of nitrogens with one attached hydrogen (secondary N) is 1. The van der Waals surface area contributed by atoms with Crippen molar-refractivity contribution in [2.24, 2.45) is 5.73 Å². The summed E-state index contributed by atoms with van der Waals surface area (Å²) in [5.41, 5.74) is 5.35. The van der Waals surface area contributed by atoms with E-state index in [1.807, 2.05) is 6.08 Å². The van der Waals surface area contributed by atoms with Crippen molar-refractivity contribution in [1.82, 2.24) is 5.32 Å². The fraction of sp³-hybridized carbons (Fsp3) is 0.775. The van der Waals surface area contributed by atoms with Gasteiger partial charge in [0.05, 0.1) is 25.4 Å². The Morgan fingerprint density at radius 3 is 1.61 bits per heavy atom. The molecule has 0 aliphatic heterocycles. The number of phosphoric acid groups is 1. The van der Waals surface area contributed by atoms with Crippen LogP contribution in [-0.4, -0.2) is 47.8 Å². The lowest BCUT2D eigenvalue weighted by Crippen LogP contribution is -2.45. The second-order valence-corrected chi connectivity index (χ2v) is 14.6. The van der Waals surface area contributed by atoms with Gasteiger partial charge in [-0.2, -0.15) is 0 Å². The number of rotatable bonds is 36. The zero-order chi connectivity index (χ0) is 36.1. The summed E-state index contributed by atoms with van der Waals surface area (Å²) in [5, 5.41) is 13.6. The van der Waals surface area contributed by atoms with Crippen LogP contribution in [0.2, 0.25) is 0 Å². The predicted octanol–water partition coefficient (Wildman–Crippen LogP) is 10.6. The van der Waals surface area contributed by atoms with Crippen molar-refractivity contribution in [1.29, 1.82) is 0 Å². The van der Waals surface area contributed by atoms with Crippen LogP contribution >= 0.6 is 7.82 Å². The van der Waals surface area contributed by atoms with Gasteiger partial charge in [-0.15, -0.1) is 0 Å². The van der Waals surface area contributed by atoms with Gasteiger partial charge in [-0.05, 0) is 70.6 Å². The third kappa shape index (κ3) is 34.7. The van der Waals surface area contributed by atoms with Crippen LogP contribution in [0.15, 0.2) is 48.6 Å². The third-order valence-corrected chi connectivity index (χ3v) is 9.34. The van der Waals surface area contributed by atoms with Crippen LogP contribution in [0.5, 0.6) is 0 Å². The van der Waals surface area contributed by atoms with Crippen molar-refractivity contribution in [2.45, 2.75) is 180 Å². The molecule has 0 saturated carbocycles. The summed E-state index contributed by atoms with van der Waals surface area (Å²) in [4.78, 5) is 22.6. The largest absolute Gasteiger partial charge is 0.472 e. The van der Waals surface area contributed by atoms with Gasteiger partial charge in [0.1, 0.15) is 0 Å². The van der Waals surface area contributed by atoms with Crippen LogP contribution in [0.4, 0.5) is 0 Å². The highest BCUT2D eigenvalue weighted by molar-refractivity contribution is 7.47. The molecule has 0 aromatic rings. The van der Waals surface area contributed by atoms with E-state index in [-0.39, 0.29) is 25.7 Å². The summed E-state index contributed by atoms with van der Waals surface area (Å²) >= 11 is 0. The van der Waals surface area contributed by atoms with Gasteiger partial charge in [-0.25, -0.2) is 4.57 Å². The zero-order valence-electron chi connectivity index (χ0n) is 31.4. The summed E-state index contributed by atoms with van der Waals surface area (Å²) in [5.74, 6) is -0.221. The lowest BCUT2D eigenvalue weighted by Gasteiger charge is -2.23. The van der Waals surface area contributed by atoms with E-state index in [0.717, 1.165) is 64.2 Å². The standard InChI is InChI=1S/C40H75N2O6P/c1-3-5-7-9-11-13-15-17-18-19-20-21-22-23-25-27-29-31-33-39(43)38(37-48-49(45,46)47-36-35-41)42-40(44)34-32-30-28-26-24-16-14-12-10-8-6-4-2/h12,14,19-20,23,25,31,33,38-39,43H,3-11,13,15-18,21-22,24,26-30,32,34-37,41H2,1-2H3,(H,42,44)(H,45,46)/b14-12-,20-19+,25-23+,33-31+. The molecule has 0 aromatic carbocycles. The minimum Gasteiger partial charge on any atom is -0.387 e. The molecule has 0 fully saturated rings. The highest BCUT2D eigenvalue weighted by Crippen LogP contribution is 2.43. The van der Waals surface area contributed by atoms with Crippen molar-refractivity contribution in [2.75, 3.05) is 19.8 Å². The third-order valence-electron chi connectivity index (χ3n) is 8.35. The lowest BCUT2D eigenvalue weighted by molar-refractivity contribution is -0.123. The molecular formula is C40H75N2O6P. The van der Waals surface area contributed by atoms with Gasteiger partial charge in [-0.3, -0.25) is 13.8 Å². The highest BCUT2D eigenvalue weighted by Gasteiger charge is 2.26. The molecule has 3 unspecified atom stereocenters. The van der Waals surface area contributed by atoms with Crippen molar-refractivity contribution in [3.8, 4) is 0 Å². The van der Waals surface area contributed by atoms with Gasteiger partial charge >= 0.3 is 7.82 Å². The van der Waals surface area contributed by atoms with E-state index >= 15 is 0 Å². The van der Waals surface area contributed by atoms with Gasteiger partial charge < -0.3 is 21.1 Å². The summed E-state index contributed by atoms with van der Waals surface area (Å²) < 4.78 is 22.0. The number of aliphatic hydroxyl groups is 1. The number of allylic oxidation sites excluding steroid dienone is 7. The maximum atomic E-state index is 12.7. The van der Waals surface area contributed by atoms with Gasteiger partial charge in [0.15, 0.2) is 0 Å². The van der Waals surface area contributed by atoms with Gasteiger partial charge in [0.2, 0.25) is 5.91 Å². The molecule has 0 aromatic heterocycles. The Kier molecular flexibility index (Phi) is 35.1. The number of carbonyl (C=O) groups excluding carboxylic acids is 1. The molecule has 8 nitrogen and oxygen atoms in total. The second-order valence-electron chi connectivity index (χ2n) is 13.1. The van der Waals surface area contributed by atoms with Crippen LogP contribution in [-0.2, 0) is 18.4 Å². The first-order chi connectivity index (χ1) is 23.9. The Balaban J connectivity index is 4.39. The number of hydrogen-bond donors (Lipinski definition) is 4. The van der Waals surface area contributed by atoms with Gasteiger partial charge in [0.25, 0.3) is 0 Å². The topological polar surface area (TPSA) is 131 Å². The zero-order valence-corrected chi connectivity index (χ0v) is 32.3. The van der Waals surface area contributed by atoms with E-state index in [1.54, 1.807) is 6.08 Å². The fourth-order valence-corrected chi connectivity index (χ4v) is 6.09. The monoisotopic (exact) mass is 711 g/mol. The van der Waals surface area contributed by atoms with E-state index < -0.39 is 20.0 Å². The summed E-state index contributed by atoms with van der Waals surface area (Å²) in [7, 11) is -4.35. The molecule has 0 saturated heterocycles. The molecule has 3 atom stereocenters. The molecule has 0 bridgehead atoms. The Hall–Kier alpha value is -1.54. The van der Waals surface area contributed by atoms with Crippen molar-refractivity contribution in [3.63, 3.8) is 0 Å². The molecule has 0 aliphatic carbocycles. The Morgan fingerprint density at radius 1 is 0.653 bits per heavy atom. The average Bonchev–Trinajstić information content (AvgIpc) is 3.09. The van der Waals surface area contributed by atoms with E-state index in [9.17, 15) is 19.4 Å². The maximum Gasteiger partial charge on any atom is 0.472 e. The molecule has 49 heavy (non-hydrogen) atoms. The number of hydrogen-bond acceptors (Lipinski definition) is 6. The molecule has 9 heteroatoms. The molecule has 286 valence electrons. The SMILES string of the molecule is CCCCC/C=C\CCCCCCCC(=O)NC(COP(=O)(O)OCCN)C(O)/C=C/CC/C=C/CC/C=C/CCCCCCCCCC. The number of nitrogens with two attached hydrogens (primary N) is 1. The lowest BCUT2D eigenvalue weighted by atomic mass is 10.1. The quantitative estimate of drug-likeness (QED) is 0.0289. The van der Waals surface area contributed by atoms with Gasteiger partial charge in [-0.1, -0.05) is 140 Å². The molecule has 0 heterocycles. The molecule has 0 radical (unpaired) electrons. The average molecular weight is 711 g/mol. The minimum absolute atomic E-state index is 0.0691. The van der Waals surface area contributed by atoms with Crippen LogP contribution < -0.4 is 11.1 Å². The van der Waals surface area contributed by atoms with Crippen molar-refractivity contribution >= 4 is 13.7 Å². The molecule has 0 spiro atoms. The van der Waals surface area contributed by atoms with E-state index in [4.69, 9.17) is 14.8 Å². The first kappa shape index (κ1) is 47.5. The number of phosphoric ester groups is 1. The number of carbonyl (C=O) groups is 1. The Labute approximate surface area is 301 Å². The van der Waals surface area contributed by atoms with Gasteiger partial charge in [0, 0.05) is 13.0 Å². The summed E-state index contributed by atoms with van der Waals surface area (Å²) in [6.07, 6.45) is 43.0. The molecule has 0 rings (SSSR count). The van der Waals surface area contributed by atoms with Crippen molar-refractivity contribution < 1.29 is 28.4 Å². The summed E-state index contributed by atoms with van der Waals surface area (Å²) in [6.45, 7) is 4.05. The predicted molar refractivity (Wildman–Crippen MR) is 207 cm³/mol. The Bertz CT molecular complexity index is 907. The number of aliphatic hydroxyl groups excluding tert-OH is 1. The number of amides is 1. The smallest absolute Gasteiger partial charge is 0.387 e. The molecule has 1 amide bonds. The first-order valence-electron chi connectivity index (χ1n) is 19.8. The van der Waals surface area contributed by atoms with E-state index in [0.29, 0.717) is 6.42 Å². The maximum absolute atomic E-state index is 12.7. The van der Waals surface area contributed by atoms with E-state index in [1.165, 1.54) is 83.5 Å². The first-order valence-corrected chi connectivity index (χ1v) is 21.3. The minimum atomic E-state index is -4.35. The highest BCUT2D eigenvalue weighted by atomic mass is 31.2. The van der Waals surface area contributed by atoms with Crippen LogP contribution in [0, 0.1) is 0 Å².